The zero-order valence-electron chi connectivity index (χ0n) is 10.8. The van der Waals surface area contributed by atoms with Crippen molar-refractivity contribution in [3.05, 3.63) is 24.3 Å². The lowest BCUT2D eigenvalue weighted by Crippen LogP contribution is -2.39. The van der Waals surface area contributed by atoms with Gasteiger partial charge in [-0.05, 0) is 32.1 Å². The molecule has 1 fully saturated rings. The molecule has 0 saturated carbocycles. The van der Waals surface area contributed by atoms with Gasteiger partial charge in [-0.1, -0.05) is 18.2 Å². The maximum Gasteiger partial charge on any atom is 0.303 e. The largest absolute Gasteiger partial charge is 0.481 e. The first-order chi connectivity index (χ1) is 8.63. The van der Waals surface area contributed by atoms with Crippen molar-refractivity contribution >= 4 is 11.9 Å². The highest BCUT2D eigenvalue weighted by molar-refractivity contribution is 5.87. The molecule has 4 nitrogen and oxygen atoms in total. The van der Waals surface area contributed by atoms with Gasteiger partial charge in [0.1, 0.15) is 0 Å². The lowest BCUT2D eigenvalue weighted by molar-refractivity contribution is -0.137. The van der Waals surface area contributed by atoms with Gasteiger partial charge in [-0.15, -0.1) is 0 Å². The van der Waals surface area contributed by atoms with Crippen LogP contribution >= 0.6 is 0 Å². The maximum absolute atomic E-state index is 11.8. The summed E-state index contributed by atoms with van der Waals surface area (Å²) in [6.45, 7) is 3.37. The predicted molar refractivity (Wildman–Crippen MR) is 70.1 cm³/mol. The highest BCUT2D eigenvalue weighted by Gasteiger charge is 2.22. The van der Waals surface area contributed by atoms with Crippen molar-refractivity contribution < 1.29 is 14.7 Å². The molecule has 0 aromatic rings. The van der Waals surface area contributed by atoms with E-state index in [9.17, 15) is 9.59 Å². The quantitative estimate of drug-likeness (QED) is 0.602. The van der Waals surface area contributed by atoms with Gasteiger partial charge < -0.3 is 10.0 Å². The van der Waals surface area contributed by atoms with E-state index in [1.54, 1.807) is 12.2 Å². The van der Waals surface area contributed by atoms with Crippen LogP contribution < -0.4 is 0 Å². The Bertz CT molecular complexity index is 347. The minimum absolute atomic E-state index is 0.0214. The standard InChI is InChI=1S/C14H21NO3/c1-2-3-4-7-13(16)15-10-5-6-12(11-15)8-9-14(17)18/h2-4,7,12H,5-6,8-11H2,1H3,(H,17,18). The average molecular weight is 251 g/mol. The molecule has 1 aliphatic rings. The number of amides is 1. The highest BCUT2D eigenvalue weighted by atomic mass is 16.4. The zero-order valence-corrected chi connectivity index (χ0v) is 10.8. The Labute approximate surface area is 108 Å². The van der Waals surface area contributed by atoms with Gasteiger partial charge in [0.25, 0.3) is 0 Å². The maximum atomic E-state index is 11.8. The van der Waals surface area contributed by atoms with E-state index in [1.807, 2.05) is 24.0 Å². The zero-order chi connectivity index (χ0) is 13.4. The normalized spacial score (nSPS) is 20.7. The van der Waals surface area contributed by atoms with Crippen LogP contribution in [0.1, 0.15) is 32.6 Å². The predicted octanol–water partition coefficient (Wildman–Crippen LogP) is 2.22. The third-order valence-corrected chi connectivity index (χ3v) is 3.14. The van der Waals surface area contributed by atoms with Crippen molar-refractivity contribution in [2.24, 2.45) is 5.92 Å². The van der Waals surface area contributed by atoms with Crippen molar-refractivity contribution in [3.8, 4) is 0 Å². The van der Waals surface area contributed by atoms with E-state index >= 15 is 0 Å². The molecule has 0 aromatic carbocycles. The summed E-state index contributed by atoms with van der Waals surface area (Å²) in [5.74, 6) is -0.409. The molecule has 1 aliphatic heterocycles. The fourth-order valence-electron chi connectivity index (χ4n) is 2.18. The highest BCUT2D eigenvalue weighted by Crippen LogP contribution is 2.21. The van der Waals surface area contributed by atoms with E-state index in [1.165, 1.54) is 0 Å². The molecule has 1 atom stereocenters. The summed E-state index contributed by atoms with van der Waals surface area (Å²) in [7, 11) is 0. The second-order valence-electron chi connectivity index (χ2n) is 4.61. The number of hydrogen-bond acceptors (Lipinski definition) is 2. The van der Waals surface area contributed by atoms with Crippen molar-refractivity contribution in [1.82, 2.24) is 4.90 Å². The van der Waals surface area contributed by atoms with E-state index in [-0.39, 0.29) is 12.3 Å². The van der Waals surface area contributed by atoms with Crippen LogP contribution in [0.25, 0.3) is 0 Å². The Morgan fingerprint density at radius 1 is 1.39 bits per heavy atom. The van der Waals surface area contributed by atoms with Crippen LogP contribution in [0.15, 0.2) is 24.3 Å². The first-order valence-electron chi connectivity index (χ1n) is 6.43. The fraction of sp³-hybridized carbons (Fsp3) is 0.571. The van der Waals surface area contributed by atoms with Gasteiger partial charge in [0.15, 0.2) is 0 Å². The second kappa shape index (κ2) is 7.69. The number of carbonyl (C=O) groups is 2. The van der Waals surface area contributed by atoms with Crippen molar-refractivity contribution in [1.29, 1.82) is 0 Å². The van der Waals surface area contributed by atoms with E-state index in [0.29, 0.717) is 18.9 Å². The molecule has 18 heavy (non-hydrogen) atoms. The smallest absolute Gasteiger partial charge is 0.303 e. The van der Waals surface area contributed by atoms with Crippen LogP contribution in [0.5, 0.6) is 0 Å². The number of allylic oxidation sites excluding steroid dienone is 3. The SMILES string of the molecule is CC=CC=CC(=O)N1CCCC(CCC(=O)O)C1. The fourth-order valence-corrected chi connectivity index (χ4v) is 2.18. The van der Waals surface area contributed by atoms with Gasteiger partial charge in [0.2, 0.25) is 5.91 Å². The monoisotopic (exact) mass is 251 g/mol. The number of hydrogen-bond donors (Lipinski definition) is 1. The lowest BCUT2D eigenvalue weighted by Gasteiger charge is -2.31. The second-order valence-corrected chi connectivity index (χ2v) is 4.61. The van der Waals surface area contributed by atoms with Crippen LogP contribution in [0, 0.1) is 5.92 Å². The molecule has 4 heteroatoms. The number of carboxylic acids is 1. The molecule has 1 heterocycles. The summed E-state index contributed by atoms with van der Waals surface area (Å²) in [6.07, 6.45) is 9.85. The molecule has 1 unspecified atom stereocenters. The number of nitrogens with zero attached hydrogens (tertiary/aromatic N) is 1. The Morgan fingerprint density at radius 3 is 2.83 bits per heavy atom. The Morgan fingerprint density at radius 2 is 2.17 bits per heavy atom. The lowest BCUT2D eigenvalue weighted by atomic mass is 9.93. The molecule has 1 saturated heterocycles. The first-order valence-corrected chi connectivity index (χ1v) is 6.43. The van der Waals surface area contributed by atoms with Crippen LogP contribution in [-0.2, 0) is 9.59 Å². The number of piperidine rings is 1. The average Bonchev–Trinajstić information content (AvgIpc) is 2.37. The summed E-state index contributed by atoms with van der Waals surface area (Å²) in [6, 6.07) is 0. The van der Waals surface area contributed by atoms with E-state index in [0.717, 1.165) is 19.4 Å². The molecular formula is C14H21NO3. The van der Waals surface area contributed by atoms with E-state index in [2.05, 4.69) is 0 Å². The Kier molecular flexibility index (Phi) is 6.19. The number of likely N-dealkylation sites (tertiary alicyclic amines) is 1. The van der Waals surface area contributed by atoms with Crippen molar-refractivity contribution in [3.63, 3.8) is 0 Å². The van der Waals surface area contributed by atoms with Gasteiger partial charge in [-0.2, -0.15) is 0 Å². The van der Waals surface area contributed by atoms with Crippen molar-refractivity contribution in [2.45, 2.75) is 32.6 Å². The summed E-state index contributed by atoms with van der Waals surface area (Å²) in [5.41, 5.74) is 0. The molecule has 1 amide bonds. The van der Waals surface area contributed by atoms with Crippen LogP contribution in [0.2, 0.25) is 0 Å². The topological polar surface area (TPSA) is 57.6 Å². The number of aliphatic carboxylic acids is 1. The molecule has 0 aliphatic carbocycles. The van der Waals surface area contributed by atoms with Crippen molar-refractivity contribution in [2.75, 3.05) is 13.1 Å². The molecular weight excluding hydrogens is 230 g/mol. The van der Waals surface area contributed by atoms with E-state index < -0.39 is 5.97 Å². The summed E-state index contributed by atoms with van der Waals surface area (Å²) >= 11 is 0. The molecule has 0 spiro atoms. The van der Waals surface area contributed by atoms with E-state index in [4.69, 9.17) is 5.11 Å². The molecule has 0 radical (unpaired) electrons. The third-order valence-electron chi connectivity index (χ3n) is 3.14. The van der Waals surface area contributed by atoms with Gasteiger partial charge in [0, 0.05) is 25.6 Å². The molecule has 0 aromatic heterocycles. The molecule has 1 rings (SSSR count). The van der Waals surface area contributed by atoms with Gasteiger partial charge in [0.05, 0.1) is 0 Å². The van der Waals surface area contributed by atoms with Gasteiger partial charge >= 0.3 is 5.97 Å². The summed E-state index contributed by atoms with van der Waals surface area (Å²) in [4.78, 5) is 24.2. The summed E-state index contributed by atoms with van der Waals surface area (Å²) in [5, 5.41) is 8.66. The van der Waals surface area contributed by atoms with Crippen LogP contribution in [-0.4, -0.2) is 35.0 Å². The number of carbonyl (C=O) groups excluding carboxylic acids is 1. The molecule has 100 valence electrons. The minimum Gasteiger partial charge on any atom is -0.481 e. The van der Waals surface area contributed by atoms with Crippen LogP contribution in [0.3, 0.4) is 0 Å². The van der Waals surface area contributed by atoms with Gasteiger partial charge in [-0.3, -0.25) is 9.59 Å². The molecule has 1 N–H and O–H groups in total. The summed E-state index contributed by atoms with van der Waals surface area (Å²) < 4.78 is 0. The van der Waals surface area contributed by atoms with Gasteiger partial charge in [-0.25, -0.2) is 0 Å². The number of carboxylic acid groups (broad SMARTS) is 1. The third kappa shape index (κ3) is 5.17. The van der Waals surface area contributed by atoms with Crippen LogP contribution in [0.4, 0.5) is 0 Å². The Balaban J connectivity index is 2.42. The number of rotatable bonds is 5. The molecule has 0 bridgehead atoms. The minimum atomic E-state index is -0.758. The first kappa shape index (κ1) is 14.5. The Hall–Kier alpha value is -1.58.